The molecule has 4 atom stereocenters. The molecule has 168 valence electrons. The second-order valence-electron chi connectivity index (χ2n) is 8.81. The number of carbonyl (C=O) groups is 1. The number of esters is 1. The molecular weight excluding hydrogens is 414 g/mol. The highest BCUT2D eigenvalue weighted by Gasteiger charge is 2.61. The summed E-state index contributed by atoms with van der Waals surface area (Å²) in [6, 6.07) is 5.21. The van der Waals surface area contributed by atoms with Gasteiger partial charge in [0.05, 0.1) is 23.4 Å². The minimum atomic E-state index is -1.96. The fraction of sp³-hybridized carbons (Fsp3) is 0.526. The van der Waals surface area contributed by atoms with Crippen molar-refractivity contribution in [3.8, 4) is 6.07 Å². The van der Waals surface area contributed by atoms with E-state index in [-0.39, 0.29) is 5.69 Å². The lowest BCUT2D eigenvalue weighted by atomic mass is 9.60. The molecule has 0 aliphatic carbocycles. The highest BCUT2D eigenvalue weighted by Crippen LogP contribution is 2.43. The Labute approximate surface area is 187 Å². The van der Waals surface area contributed by atoms with E-state index in [2.05, 4.69) is 15.1 Å². The van der Waals surface area contributed by atoms with Crippen molar-refractivity contribution in [1.82, 2.24) is 19.5 Å². The number of hydrogen-bond acceptors (Lipinski definition) is 9. The normalized spacial score (nSPS) is 26.0. The van der Waals surface area contributed by atoms with Crippen LogP contribution >= 0.6 is 0 Å². The van der Waals surface area contributed by atoms with Gasteiger partial charge >= 0.3 is 5.97 Å². The summed E-state index contributed by atoms with van der Waals surface area (Å²) >= 11 is 0. The molecule has 0 spiro atoms. The number of nitrogens with zero attached hydrogens (tertiary/aromatic N) is 6. The third kappa shape index (κ3) is 3.97. The number of aliphatic hydroxyl groups is 2. The summed E-state index contributed by atoms with van der Waals surface area (Å²) in [6.07, 6.45) is -1.45. The first-order valence-electron chi connectivity index (χ1n) is 10.2. The molecule has 1 saturated heterocycles. The first-order valence-corrected chi connectivity index (χ1v) is 10.2. The Hall–Kier alpha value is -2.94. The van der Waals surface area contributed by atoms with Crippen LogP contribution in [0.1, 0.15) is 19.5 Å². The molecule has 2 aromatic rings. The first kappa shape index (κ1) is 23.7. The average Bonchev–Trinajstić information content (AvgIpc) is 3.27. The minimum Gasteiger partial charge on any atom is -0.475 e. The van der Waals surface area contributed by atoms with E-state index < -0.39 is 41.2 Å². The number of aliphatic hydroxyl groups excluding tert-OH is 2. The number of aromatic nitrogens is 3. The van der Waals surface area contributed by atoms with Crippen LogP contribution in [0.15, 0.2) is 23.5 Å². The maximum atomic E-state index is 12.2. The van der Waals surface area contributed by atoms with E-state index in [0.29, 0.717) is 11.3 Å². The summed E-state index contributed by atoms with van der Waals surface area (Å²) in [4.78, 5) is 22.4. The third-order valence-electron chi connectivity index (χ3n) is 5.27. The molecule has 0 radical (unpaired) electrons. The van der Waals surface area contributed by atoms with Gasteiger partial charge in [0, 0.05) is 14.1 Å². The summed E-state index contributed by atoms with van der Waals surface area (Å²) in [5.74, 6) is -0.534. The van der Waals surface area contributed by atoms with E-state index in [1.54, 1.807) is 52.9 Å². The highest BCUT2D eigenvalue weighted by molar-refractivity contribution is 6.40. The number of carbonyl (C=O) groups excluding carboxylic acids is 1. The number of ether oxygens (including phenoxy) is 2. The summed E-state index contributed by atoms with van der Waals surface area (Å²) in [5.41, 5.74) is -1.29. The van der Waals surface area contributed by atoms with Gasteiger partial charge in [-0.2, -0.15) is 10.4 Å². The molecular formula is C19H26B2N6O5. The molecule has 0 amide bonds. The fourth-order valence-corrected chi connectivity index (χ4v) is 3.57. The Kier molecular flexibility index (Phi) is 6.33. The number of aliphatic imine (C=N–C) groups is 1. The van der Waals surface area contributed by atoms with Crippen LogP contribution < -0.4 is 0 Å². The monoisotopic (exact) mass is 440 g/mol. The van der Waals surface area contributed by atoms with Gasteiger partial charge in [-0.05, 0) is 12.1 Å². The zero-order chi connectivity index (χ0) is 23.8. The maximum absolute atomic E-state index is 12.2. The number of rotatable bonds is 6. The van der Waals surface area contributed by atoms with Crippen LogP contribution in [0.25, 0.3) is 5.52 Å². The van der Waals surface area contributed by atoms with Crippen LogP contribution in [-0.2, 0) is 19.9 Å². The molecule has 2 N–H and O–H groups in total. The molecule has 11 nitrogen and oxygen atoms in total. The number of nitriles is 1. The Bertz CT molecular complexity index is 1080. The molecule has 13 heteroatoms. The molecule has 1 unspecified atom stereocenters. The molecule has 1 aliphatic heterocycles. The molecule has 1 aliphatic rings. The van der Waals surface area contributed by atoms with Gasteiger partial charge < -0.3 is 24.6 Å². The highest BCUT2D eigenvalue weighted by atomic mass is 16.6. The van der Waals surface area contributed by atoms with E-state index in [9.17, 15) is 20.3 Å². The Morgan fingerprint density at radius 2 is 2.16 bits per heavy atom. The van der Waals surface area contributed by atoms with Crippen LogP contribution in [0, 0.1) is 17.2 Å². The lowest BCUT2D eigenvalue weighted by Crippen LogP contribution is -2.53. The Balaban J connectivity index is 2.05. The van der Waals surface area contributed by atoms with Gasteiger partial charge in [-0.1, -0.05) is 13.8 Å². The summed E-state index contributed by atoms with van der Waals surface area (Å²) < 4.78 is 12.9. The SMILES string of the molecule is BC(B)(OC(=O)C(C)C)C1O[C@@](C#N)(c2ccc3c(/N=C\N(C)C)ncnn23)[C@H](O)[C@@H]1O. The standard InChI is InChI=1S/C19H26B2N6O5/c1-10(2)17(30)32-19(20,21)15-13(28)14(29)18(7-22,31-15)12-6-5-11-16(24-9-26(3)4)23-8-25-27(11)12/h5-6,8-10,13-15,28-29H,20-21H2,1-4H3/b24-9-/t13-,14+,15?,18-/m0/s1. The van der Waals surface area contributed by atoms with Crippen molar-refractivity contribution in [2.75, 3.05) is 14.1 Å². The molecule has 0 aromatic carbocycles. The molecule has 0 saturated carbocycles. The summed E-state index contributed by atoms with van der Waals surface area (Å²) in [6.45, 7) is 3.36. The third-order valence-corrected chi connectivity index (χ3v) is 5.27. The van der Waals surface area contributed by atoms with Gasteiger partial charge in [0.1, 0.15) is 36.2 Å². The van der Waals surface area contributed by atoms with E-state index in [0.717, 1.165) is 0 Å². The molecule has 0 bridgehead atoms. The quantitative estimate of drug-likeness (QED) is 0.224. The van der Waals surface area contributed by atoms with Gasteiger partial charge in [0.2, 0.25) is 5.60 Å². The van der Waals surface area contributed by atoms with E-state index in [4.69, 9.17) is 9.47 Å². The molecule has 2 aromatic heterocycles. The van der Waals surface area contributed by atoms with Crippen molar-refractivity contribution in [2.24, 2.45) is 10.9 Å². The van der Waals surface area contributed by atoms with Gasteiger partial charge in [-0.25, -0.2) is 14.5 Å². The van der Waals surface area contributed by atoms with Crippen molar-refractivity contribution in [3.05, 3.63) is 24.2 Å². The molecule has 1 fully saturated rings. The van der Waals surface area contributed by atoms with Crippen molar-refractivity contribution >= 4 is 39.3 Å². The predicted octanol–water partition coefficient (Wildman–Crippen LogP) is -2.09. The Morgan fingerprint density at radius 3 is 2.75 bits per heavy atom. The summed E-state index contributed by atoms with van der Waals surface area (Å²) in [5, 5.41) is 34.7. The molecule has 3 rings (SSSR count). The zero-order valence-corrected chi connectivity index (χ0v) is 18.9. The fourth-order valence-electron chi connectivity index (χ4n) is 3.57. The maximum Gasteiger partial charge on any atom is 0.307 e. The number of fused-ring (bicyclic) bond motifs is 1. The average molecular weight is 440 g/mol. The lowest BCUT2D eigenvalue weighted by molar-refractivity contribution is -0.163. The van der Waals surface area contributed by atoms with Crippen LogP contribution in [0.5, 0.6) is 0 Å². The van der Waals surface area contributed by atoms with Crippen LogP contribution in [0.3, 0.4) is 0 Å². The molecule has 32 heavy (non-hydrogen) atoms. The van der Waals surface area contributed by atoms with E-state index in [1.165, 1.54) is 10.8 Å². The van der Waals surface area contributed by atoms with Gasteiger partial charge in [0.25, 0.3) is 0 Å². The second-order valence-corrected chi connectivity index (χ2v) is 8.81. The minimum absolute atomic E-state index is 0.193. The lowest BCUT2D eigenvalue weighted by Gasteiger charge is -2.34. The number of hydrogen-bond donors (Lipinski definition) is 2. The van der Waals surface area contributed by atoms with Crippen LogP contribution in [0.4, 0.5) is 5.82 Å². The van der Waals surface area contributed by atoms with Crippen molar-refractivity contribution < 1.29 is 24.5 Å². The largest absolute Gasteiger partial charge is 0.475 e. The second kappa shape index (κ2) is 8.54. The Morgan fingerprint density at radius 1 is 1.47 bits per heavy atom. The summed E-state index contributed by atoms with van der Waals surface area (Å²) in [7, 11) is 6.75. The van der Waals surface area contributed by atoms with E-state index >= 15 is 0 Å². The van der Waals surface area contributed by atoms with Gasteiger partial charge in [-0.15, -0.1) is 0 Å². The van der Waals surface area contributed by atoms with E-state index in [1.807, 2.05) is 20.2 Å². The smallest absolute Gasteiger partial charge is 0.307 e. The van der Waals surface area contributed by atoms with Crippen molar-refractivity contribution in [2.45, 2.75) is 43.2 Å². The first-order chi connectivity index (χ1) is 14.9. The van der Waals surface area contributed by atoms with Gasteiger partial charge in [-0.3, -0.25) is 4.79 Å². The zero-order valence-electron chi connectivity index (χ0n) is 18.9. The van der Waals surface area contributed by atoms with Crippen molar-refractivity contribution in [3.63, 3.8) is 0 Å². The van der Waals surface area contributed by atoms with Crippen LogP contribution in [-0.4, -0.2) is 95.5 Å². The van der Waals surface area contributed by atoms with Crippen molar-refractivity contribution in [1.29, 1.82) is 5.26 Å². The topological polar surface area (TPSA) is 146 Å². The predicted molar refractivity (Wildman–Crippen MR) is 120 cm³/mol. The van der Waals surface area contributed by atoms with Crippen LogP contribution in [0.2, 0.25) is 0 Å². The molecule has 3 heterocycles. The van der Waals surface area contributed by atoms with Gasteiger partial charge in [0.15, 0.2) is 21.5 Å².